The average Bonchev–Trinajstić information content (AvgIpc) is 2.27. The number of aliphatic carboxylic acids is 1. The standard InChI is InChI=1S/C12H14O4/c1-12(2,11(14)15)9-7-5-4-6-8(9)10(13)16-3/h4-7H,1-3H3,(H,14,15). The first-order valence-electron chi connectivity index (χ1n) is 4.82. The third-order valence-corrected chi connectivity index (χ3v) is 2.54. The summed E-state index contributed by atoms with van der Waals surface area (Å²) in [7, 11) is 1.27. The van der Waals surface area contributed by atoms with Gasteiger partial charge in [-0.05, 0) is 25.5 Å². The summed E-state index contributed by atoms with van der Waals surface area (Å²) in [5, 5.41) is 9.12. The van der Waals surface area contributed by atoms with Gasteiger partial charge >= 0.3 is 11.9 Å². The third kappa shape index (κ3) is 2.05. The van der Waals surface area contributed by atoms with Crippen molar-refractivity contribution in [3.8, 4) is 0 Å². The molecule has 4 nitrogen and oxygen atoms in total. The fraction of sp³-hybridized carbons (Fsp3) is 0.333. The van der Waals surface area contributed by atoms with Gasteiger partial charge in [-0.3, -0.25) is 4.79 Å². The average molecular weight is 222 g/mol. The molecule has 0 unspecified atom stereocenters. The summed E-state index contributed by atoms with van der Waals surface area (Å²) in [4.78, 5) is 22.6. The maximum absolute atomic E-state index is 11.5. The van der Waals surface area contributed by atoms with Crippen molar-refractivity contribution in [1.29, 1.82) is 0 Å². The molecule has 0 saturated heterocycles. The molecule has 0 heterocycles. The van der Waals surface area contributed by atoms with E-state index in [1.807, 2.05) is 0 Å². The number of methoxy groups -OCH3 is 1. The molecule has 0 radical (unpaired) electrons. The van der Waals surface area contributed by atoms with Crippen LogP contribution in [-0.2, 0) is 14.9 Å². The Bertz CT molecular complexity index is 421. The number of carboxylic acids is 1. The van der Waals surface area contributed by atoms with Crippen LogP contribution in [0.25, 0.3) is 0 Å². The summed E-state index contributed by atoms with van der Waals surface area (Å²) in [6, 6.07) is 6.56. The molecular formula is C12H14O4. The largest absolute Gasteiger partial charge is 0.481 e. The zero-order valence-electron chi connectivity index (χ0n) is 9.48. The molecule has 0 saturated carbocycles. The maximum Gasteiger partial charge on any atom is 0.338 e. The van der Waals surface area contributed by atoms with Gasteiger partial charge in [0.2, 0.25) is 0 Å². The molecule has 0 aromatic heterocycles. The number of hydrogen-bond donors (Lipinski definition) is 1. The van der Waals surface area contributed by atoms with E-state index in [2.05, 4.69) is 4.74 Å². The van der Waals surface area contributed by atoms with Crippen LogP contribution in [0.2, 0.25) is 0 Å². The van der Waals surface area contributed by atoms with Crippen LogP contribution in [-0.4, -0.2) is 24.2 Å². The van der Waals surface area contributed by atoms with Gasteiger partial charge < -0.3 is 9.84 Å². The highest BCUT2D eigenvalue weighted by atomic mass is 16.5. The number of carbonyl (C=O) groups excluding carboxylic acids is 1. The van der Waals surface area contributed by atoms with Gasteiger partial charge in [-0.25, -0.2) is 4.79 Å². The Balaban J connectivity index is 3.34. The van der Waals surface area contributed by atoms with E-state index in [1.54, 1.807) is 38.1 Å². The lowest BCUT2D eigenvalue weighted by atomic mass is 9.82. The van der Waals surface area contributed by atoms with Crippen molar-refractivity contribution in [1.82, 2.24) is 0 Å². The summed E-state index contributed by atoms with van der Waals surface area (Å²) in [5.74, 6) is -1.51. The second-order valence-corrected chi connectivity index (χ2v) is 3.97. The predicted molar refractivity (Wildman–Crippen MR) is 58.4 cm³/mol. The number of benzene rings is 1. The SMILES string of the molecule is COC(=O)c1ccccc1C(C)(C)C(=O)O. The minimum Gasteiger partial charge on any atom is -0.481 e. The van der Waals surface area contributed by atoms with Crippen molar-refractivity contribution in [2.45, 2.75) is 19.3 Å². The molecule has 0 amide bonds. The number of carboxylic acid groups (broad SMARTS) is 1. The van der Waals surface area contributed by atoms with E-state index in [0.29, 0.717) is 5.56 Å². The van der Waals surface area contributed by atoms with Gasteiger partial charge in [-0.1, -0.05) is 18.2 Å². The number of esters is 1. The molecule has 0 fully saturated rings. The number of carbonyl (C=O) groups is 2. The minimum atomic E-state index is -1.12. The van der Waals surface area contributed by atoms with Crippen LogP contribution < -0.4 is 0 Å². The second-order valence-electron chi connectivity index (χ2n) is 3.97. The Morgan fingerprint density at radius 1 is 1.25 bits per heavy atom. The summed E-state index contributed by atoms with van der Waals surface area (Å²) in [5.41, 5.74) is -0.378. The summed E-state index contributed by atoms with van der Waals surface area (Å²) < 4.78 is 4.62. The summed E-state index contributed by atoms with van der Waals surface area (Å²) >= 11 is 0. The monoisotopic (exact) mass is 222 g/mol. The minimum absolute atomic E-state index is 0.289. The predicted octanol–water partition coefficient (Wildman–Crippen LogP) is 1.84. The quantitative estimate of drug-likeness (QED) is 0.792. The first-order valence-corrected chi connectivity index (χ1v) is 4.82. The molecule has 1 rings (SSSR count). The van der Waals surface area contributed by atoms with Gasteiger partial charge in [0.25, 0.3) is 0 Å². The molecule has 1 aromatic carbocycles. The molecule has 16 heavy (non-hydrogen) atoms. The molecule has 0 aliphatic heterocycles. The van der Waals surface area contributed by atoms with Gasteiger partial charge in [0.1, 0.15) is 0 Å². The highest BCUT2D eigenvalue weighted by Gasteiger charge is 2.33. The number of rotatable bonds is 3. The molecule has 0 atom stereocenters. The molecule has 0 aliphatic carbocycles. The Morgan fingerprint density at radius 2 is 1.81 bits per heavy atom. The highest BCUT2D eigenvalue weighted by Crippen LogP contribution is 2.27. The molecule has 0 spiro atoms. The lowest BCUT2D eigenvalue weighted by Gasteiger charge is -2.21. The van der Waals surface area contributed by atoms with Crippen molar-refractivity contribution < 1.29 is 19.4 Å². The fourth-order valence-electron chi connectivity index (χ4n) is 1.43. The van der Waals surface area contributed by atoms with Crippen molar-refractivity contribution >= 4 is 11.9 Å². The Morgan fingerprint density at radius 3 is 2.31 bits per heavy atom. The molecule has 86 valence electrons. The van der Waals surface area contributed by atoms with Crippen molar-refractivity contribution in [3.05, 3.63) is 35.4 Å². The molecule has 0 aliphatic rings. The zero-order chi connectivity index (χ0) is 12.3. The second kappa shape index (κ2) is 4.35. The molecule has 1 N–H and O–H groups in total. The summed E-state index contributed by atoms with van der Waals surface area (Å²) in [6.45, 7) is 3.11. The number of hydrogen-bond acceptors (Lipinski definition) is 3. The lowest BCUT2D eigenvalue weighted by molar-refractivity contribution is -0.142. The fourth-order valence-corrected chi connectivity index (χ4v) is 1.43. The summed E-state index contributed by atoms with van der Waals surface area (Å²) in [6.07, 6.45) is 0. The van der Waals surface area contributed by atoms with Crippen molar-refractivity contribution in [2.75, 3.05) is 7.11 Å². The van der Waals surface area contributed by atoms with E-state index < -0.39 is 17.4 Å². The molecule has 1 aromatic rings. The van der Waals surface area contributed by atoms with Gasteiger partial charge in [0.05, 0.1) is 18.1 Å². The topological polar surface area (TPSA) is 63.6 Å². The maximum atomic E-state index is 11.5. The van der Waals surface area contributed by atoms with Crippen LogP contribution in [0.15, 0.2) is 24.3 Å². The highest BCUT2D eigenvalue weighted by molar-refractivity contribution is 5.94. The Labute approximate surface area is 93.9 Å². The van der Waals surface area contributed by atoms with Gasteiger partial charge in [-0.2, -0.15) is 0 Å². The molecule has 4 heteroatoms. The van der Waals surface area contributed by atoms with E-state index in [-0.39, 0.29) is 5.56 Å². The van der Waals surface area contributed by atoms with Crippen LogP contribution in [0.4, 0.5) is 0 Å². The Hall–Kier alpha value is -1.84. The van der Waals surface area contributed by atoms with E-state index in [4.69, 9.17) is 5.11 Å². The van der Waals surface area contributed by atoms with Crippen LogP contribution in [0.5, 0.6) is 0 Å². The van der Waals surface area contributed by atoms with Crippen molar-refractivity contribution in [3.63, 3.8) is 0 Å². The first kappa shape index (κ1) is 12.2. The van der Waals surface area contributed by atoms with Crippen molar-refractivity contribution in [2.24, 2.45) is 0 Å². The van der Waals surface area contributed by atoms with Crippen LogP contribution in [0, 0.1) is 0 Å². The first-order chi connectivity index (χ1) is 7.41. The van der Waals surface area contributed by atoms with E-state index in [1.165, 1.54) is 7.11 Å². The molecule has 0 bridgehead atoms. The normalized spacial score (nSPS) is 10.9. The van der Waals surface area contributed by atoms with Crippen LogP contribution >= 0.6 is 0 Å². The van der Waals surface area contributed by atoms with Crippen LogP contribution in [0.3, 0.4) is 0 Å². The zero-order valence-corrected chi connectivity index (χ0v) is 9.48. The smallest absolute Gasteiger partial charge is 0.338 e. The van der Waals surface area contributed by atoms with Gasteiger partial charge in [-0.15, -0.1) is 0 Å². The molecular weight excluding hydrogens is 208 g/mol. The van der Waals surface area contributed by atoms with E-state index in [9.17, 15) is 9.59 Å². The third-order valence-electron chi connectivity index (χ3n) is 2.54. The van der Waals surface area contributed by atoms with E-state index in [0.717, 1.165) is 0 Å². The Kier molecular flexibility index (Phi) is 3.32. The number of ether oxygens (including phenoxy) is 1. The van der Waals surface area contributed by atoms with Crippen LogP contribution in [0.1, 0.15) is 29.8 Å². The van der Waals surface area contributed by atoms with Gasteiger partial charge in [0, 0.05) is 0 Å². The van der Waals surface area contributed by atoms with E-state index >= 15 is 0 Å². The van der Waals surface area contributed by atoms with Gasteiger partial charge in [0.15, 0.2) is 0 Å². The lowest BCUT2D eigenvalue weighted by Crippen LogP contribution is -2.30.